The number of esters is 1. The lowest BCUT2D eigenvalue weighted by Gasteiger charge is -2.38. The molecule has 0 spiro atoms. The minimum Gasteiger partial charge on any atom is -0.468 e. The highest BCUT2D eigenvalue weighted by Gasteiger charge is 2.32. The van der Waals surface area contributed by atoms with E-state index in [2.05, 4.69) is 20.7 Å². The van der Waals surface area contributed by atoms with Gasteiger partial charge < -0.3 is 9.64 Å². The predicted octanol–water partition coefficient (Wildman–Crippen LogP) is 1.44. The highest BCUT2D eigenvalue weighted by Crippen LogP contribution is 2.21. The first-order chi connectivity index (χ1) is 11.6. The van der Waals surface area contributed by atoms with Crippen LogP contribution < -0.4 is 0 Å². The minimum atomic E-state index is -0.385. The number of ether oxygens (including phenoxy) is 1. The van der Waals surface area contributed by atoms with E-state index in [-0.39, 0.29) is 24.5 Å². The molecule has 2 heterocycles. The Bertz CT molecular complexity index is 757. The van der Waals surface area contributed by atoms with Crippen molar-refractivity contribution in [1.29, 1.82) is 0 Å². The molecule has 1 aromatic heterocycles. The fourth-order valence-electron chi connectivity index (χ4n) is 3.08. The second-order valence-corrected chi connectivity index (χ2v) is 5.97. The van der Waals surface area contributed by atoms with Crippen molar-refractivity contribution in [2.24, 2.45) is 0 Å². The number of amides is 1. The van der Waals surface area contributed by atoms with E-state index in [1.165, 1.54) is 7.11 Å². The summed E-state index contributed by atoms with van der Waals surface area (Å²) in [4.78, 5) is 32.0. The van der Waals surface area contributed by atoms with Crippen molar-refractivity contribution < 1.29 is 14.3 Å². The molecule has 126 valence electrons. The van der Waals surface area contributed by atoms with E-state index in [0.717, 1.165) is 23.0 Å². The van der Waals surface area contributed by atoms with Gasteiger partial charge in [-0.3, -0.25) is 19.5 Å². The summed E-state index contributed by atoms with van der Waals surface area (Å²) in [5, 5.41) is 1.11. The Balaban J connectivity index is 1.74. The van der Waals surface area contributed by atoms with Gasteiger partial charge in [-0.05, 0) is 24.6 Å². The summed E-state index contributed by atoms with van der Waals surface area (Å²) in [7, 11) is 1.33. The zero-order chi connectivity index (χ0) is 17.1. The van der Waals surface area contributed by atoms with Crippen LogP contribution in [0.25, 0.3) is 10.9 Å². The molecule has 3 rings (SSSR count). The molecular weight excluding hydrogens is 306 g/mol. The lowest BCUT2D eigenvalue weighted by atomic mass is 10.1. The molecule has 1 amide bonds. The zero-order valence-corrected chi connectivity index (χ0v) is 13.9. The molecule has 1 fully saturated rings. The van der Waals surface area contributed by atoms with E-state index < -0.39 is 0 Å². The summed E-state index contributed by atoms with van der Waals surface area (Å²) < 4.78 is 4.65. The van der Waals surface area contributed by atoms with Gasteiger partial charge in [0.05, 0.1) is 18.7 Å². The number of pyridine rings is 1. The number of aromatic nitrogens is 1. The van der Waals surface area contributed by atoms with Crippen molar-refractivity contribution in [2.75, 3.05) is 26.7 Å². The van der Waals surface area contributed by atoms with Crippen LogP contribution in [-0.4, -0.2) is 59.4 Å². The molecule has 6 heteroatoms. The van der Waals surface area contributed by atoms with E-state index >= 15 is 0 Å². The molecular formula is C18H21N3O3. The van der Waals surface area contributed by atoms with Gasteiger partial charge >= 0.3 is 5.97 Å². The maximum absolute atomic E-state index is 12.5. The van der Waals surface area contributed by atoms with Crippen LogP contribution in [0, 0.1) is 0 Å². The SMILES string of the molecule is COC(=O)CN1CCN(Cc2ccnc3ccccc23)C(C)C1=O. The Morgan fingerprint density at radius 3 is 2.88 bits per heavy atom. The third-order valence-electron chi connectivity index (χ3n) is 4.53. The molecule has 1 aromatic carbocycles. The van der Waals surface area contributed by atoms with Crippen LogP contribution in [0.1, 0.15) is 12.5 Å². The quantitative estimate of drug-likeness (QED) is 0.795. The Morgan fingerprint density at radius 1 is 1.29 bits per heavy atom. The van der Waals surface area contributed by atoms with Crippen molar-refractivity contribution in [3.63, 3.8) is 0 Å². The third kappa shape index (κ3) is 3.23. The highest BCUT2D eigenvalue weighted by molar-refractivity contribution is 5.86. The number of carbonyl (C=O) groups is 2. The number of hydrogen-bond acceptors (Lipinski definition) is 5. The largest absolute Gasteiger partial charge is 0.468 e. The van der Waals surface area contributed by atoms with Crippen LogP contribution in [0.3, 0.4) is 0 Å². The molecule has 24 heavy (non-hydrogen) atoms. The number of hydrogen-bond donors (Lipinski definition) is 0. The van der Waals surface area contributed by atoms with Gasteiger partial charge in [-0.2, -0.15) is 0 Å². The second-order valence-electron chi connectivity index (χ2n) is 5.97. The second kappa shape index (κ2) is 6.97. The molecule has 0 aliphatic carbocycles. The number of para-hydroxylation sites is 1. The average Bonchev–Trinajstić information content (AvgIpc) is 2.61. The molecule has 1 atom stereocenters. The van der Waals surface area contributed by atoms with Gasteiger partial charge in [0.1, 0.15) is 6.54 Å². The predicted molar refractivity (Wildman–Crippen MR) is 90.2 cm³/mol. The molecule has 0 bridgehead atoms. The normalized spacial score (nSPS) is 18.8. The molecule has 2 aromatic rings. The van der Waals surface area contributed by atoms with Crippen molar-refractivity contribution in [2.45, 2.75) is 19.5 Å². The van der Waals surface area contributed by atoms with Gasteiger partial charge in [-0.1, -0.05) is 18.2 Å². The molecule has 1 unspecified atom stereocenters. The van der Waals surface area contributed by atoms with Crippen molar-refractivity contribution in [3.05, 3.63) is 42.1 Å². The van der Waals surface area contributed by atoms with Gasteiger partial charge in [0.2, 0.25) is 5.91 Å². The Kier molecular flexibility index (Phi) is 4.76. The lowest BCUT2D eigenvalue weighted by Crippen LogP contribution is -2.56. The highest BCUT2D eigenvalue weighted by atomic mass is 16.5. The van der Waals surface area contributed by atoms with Crippen LogP contribution in [0.4, 0.5) is 0 Å². The standard InChI is InChI=1S/C18H21N3O3/c1-13-18(23)21(12-17(22)24-2)10-9-20(13)11-14-7-8-19-16-6-4-3-5-15(14)16/h3-8,13H,9-12H2,1-2H3. The van der Waals surface area contributed by atoms with E-state index in [1.807, 2.05) is 31.2 Å². The van der Waals surface area contributed by atoms with Crippen LogP contribution in [0.5, 0.6) is 0 Å². The van der Waals surface area contributed by atoms with Gasteiger partial charge in [-0.15, -0.1) is 0 Å². The Morgan fingerprint density at radius 2 is 2.08 bits per heavy atom. The molecule has 0 saturated carbocycles. The van der Waals surface area contributed by atoms with Crippen molar-refractivity contribution in [1.82, 2.24) is 14.8 Å². The van der Waals surface area contributed by atoms with Crippen LogP contribution in [0.15, 0.2) is 36.5 Å². The third-order valence-corrected chi connectivity index (χ3v) is 4.53. The number of carbonyl (C=O) groups excluding carboxylic acids is 2. The van der Waals surface area contributed by atoms with Crippen LogP contribution in [0.2, 0.25) is 0 Å². The Hall–Kier alpha value is -2.47. The minimum absolute atomic E-state index is 0.0195. The number of nitrogens with zero attached hydrogens (tertiary/aromatic N) is 3. The van der Waals surface area contributed by atoms with Gasteiger partial charge in [-0.25, -0.2) is 0 Å². The smallest absolute Gasteiger partial charge is 0.325 e. The van der Waals surface area contributed by atoms with E-state index in [1.54, 1.807) is 11.1 Å². The van der Waals surface area contributed by atoms with Gasteiger partial charge in [0.25, 0.3) is 0 Å². The molecule has 1 saturated heterocycles. The summed E-state index contributed by atoms with van der Waals surface area (Å²) in [6, 6.07) is 9.74. The van der Waals surface area contributed by atoms with Gasteiger partial charge in [0, 0.05) is 31.2 Å². The molecule has 1 aliphatic heterocycles. The fraction of sp³-hybridized carbons (Fsp3) is 0.389. The number of methoxy groups -OCH3 is 1. The summed E-state index contributed by atoms with van der Waals surface area (Å²) >= 11 is 0. The zero-order valence-electron chi connectivity index (χ0n) is 13.9. The number of piperazine rings is 1. The number of benzene rings is 1. The van der Waals surface area contributed by atoms with Crippen LogP contribution in [-0.2, 0) is 20.9 Å². The van der Waals surface area contributed by atoms with Gasteiger partial charge in [0.15, 0.2) is 0 Å². The summed E-state index contributed by atoms with van der Waals surface area (Å²) in [6.45, 7) is 3.84. The summed E-state index contributed by atoms with van der Waals surface area (Å²) in [5.41, 5.74) is 2.11. The number of rotatable bonds is 4. The maximum Gasteiger partial charge on any atom is 0.325 e. The first-order valence-electron chi connectivity index (χ1n) is 8.02. The topological polar surface area (TPSA) is 62.7 Å². The summed E-state index contributed by atoms with van der Waals surface area (Å²) in [6.07, 6.45) is 1.80. The van der Waals surface area contributed by atoms with E-state index in [9.17, 15) is 9.59 Å². The van der Waals surface area contributed by atoms with Crippen molar-refractivity contribution >= 4 is 22.8 Å². The van der Waals surface area contributed by atoms with E-state index in [4.69, 9.17) is 0 Å². The monoisotopic (exact) mass is 327 g/mol. The van der Waals surface area contributed by atoms with Crippen molar-refractivity contribution in [3.8, 4) is 0 Å². The first-order valence-corrected chi connectivity index (χ1v) is 8.02. The fourth-order valence-corrected chi connectivity index (χ4v) is 3.08. The van der Waals surface area contributed by atoms with Crippen LogP contribution >= 0.6 is 0 Å². The number of fused-ring (bicyclic) bond motifs is 1. The van der Waals surface area contributed by atoms with E-state index in [0.29, 0.717) is 13.1 Å². The summed E-state index contributed by atoms with van der Waals surface area (Å²) in [5.74, 6) is -0.422. The first kappa shape index (κ1) is 16.4. The average molecular weight is 327 g/mol. The Labute approximate surface area is 141 Å². The lowest BCUT2D eigenvalue weighted by molar-refractivity contribution is -0.151. The molecule has 1 aliphatic rings. The molecule has 6 nitrogen and oxygen atoms in total. The molecule has 0 radical (unpaired) electrons. The molecule has 0 N–H and O–H groups in total. The maximum atomic E-state index is 12.5.